The number of methoxy groups -OCH3 is 1. The summed E-state index contributed by atoms with van der Waals surface area (Å²) in [6.45, 7) is 3.51. The number of amides is 1. The highest BCUT2D eigenvalue weighted by molar-refractivity contribution is 7.92. The Morgan fingerprint density at radius 2 is 2.00 bits per heavy atom. The van der Waals surface area contributed by atoms with Crippen LogP contribution in [0.4, 0.5) is 11.4 Å². The van der Waals surface area contributed by atoms with E-state index < -0.39 is 10.0 Å². The van der Waals surface area contributed by atoms with Gasteiger partial charge in [-0.3, -0.25) is 9.10 Å². The summed E-state index contributed by atoms with van der Waals surface area (Å²) in [5.74, 6) is 0.366. The molecule has 7 heteroatoms. The molecule has 2 aromatic rings. The van der Waals surface area contributed by atoms with Gasteiger partial charge in [0.1, 0.15) is 5.75 Å². The maximum atomic E-state index is 12.6. The molecule has 2 aromatic carbocycles. The van der Waals surface area contributed by atoms with Crippen molar-refractivity contribution in [2.75, 3.05) is 22.5 Å². The van der Waals surface area contributed by atoms with Crippen molar-refractivity contribution < 1.29 is 17.9 Å². The zero-order valence-corrected chi connectivity index (χ0v) is 15.8. The molecule has 3 rings (SSSR count). The number of rotatable bonds is 5. The molecule has 0 saturated heterocycles. The van der Waals surface area contributed by atoms with Crippen molar-refractivity contribution in [2.24, 2.45) is 0 Å². The third kappa shape index (κ3) is 3.26. The number of nitrogens with one attached hydrogen (secondary N) is 1. The highest BCUT2D eigenvalue weighted by Gasteiger charge is 2.34. The first-order chi connectivity index (χ1) is 12.4. The Morgan fingerprint density at radius 3 is 2.69 bits per heavy atom. The van der Waals surface area contributed by atoms with E-state index >= 15 is 0 Å². The lowest BCUT2D eigenvalue weighted by atomic mass is 10.1. The molecule has 0 radical (unpaired) electrons. The second-order valence-electron chi connectivity index (χ2n) is 6.25. The van der Waals surface area contributed by atoms with Gasteiger partial charge in [-0.05, 0) is 56.2 Å². The van der Waals surface area contributed by atoms with Gasteiger partial charge in [0.2, 0.25) is 10.0 Å². The predicted octanol–water partition coefficient (Wildman–Crippen LogP) is 3.05. The van der Waals surface area contributed by atoms with Gasteiger partial charge in [-0.25, -0.2) is 8.42 Å². The summed E-state index contributed by atoms with van der Waals surface area (Å²) < 4.78 is 31.4. The van der Waals surface area contributed by atoms with Crippen LogP contribution in [0, 0.1) is 0 Å². The number of carbonyl (C=O) groups excluding carboxylic acids is 1. The summed E-state index contributed by atoms with van der Waals surface area (Å²) in [6, 6.07) is 12.2. The molecule has 0 saturated carbocycles. The number of hydrogen-bond acceptors (Lipinski definition) is 4. The molecule has 1 N–H and O–H groups in total. The fraction of sp³-hybridized carbons (Fsp3) is 0.316. The van der Waals surface area contributed by atoms with Crippen LogP contribution in [0.1, 0.15) is 29.8 Å². The number of ether oxygens (including phenoxy) is 1. The van der Waals surface area contributed by atoms with Gasteiger partial charge in [0, 0.05) is 11.6 Å². The lowest BCUT2D eigenvalue weighted by molar-refractivity contribution is 0.102. The lowest BCUT2D eigenvalue weighted by Gasteiger charge is -2.23. The molecule has 0 spiro atoms. The van der Waals surface area contributed by atoms with Crippen molar-refractivity contribution in [3.8, 4) is 5.75 Å². The van der Waals surface area contributed by atoms with Crippen LogP contribution < -0.4 is 14.4 Å². The van der Waals surface area contributed by atoms with Crippen molar-refractivity contribution in [3.05, 3.63) is 53.6 Å². The van der Waals surface area contributed by atoms with E-state index in [4.69, 9.17) is 4.74 Å². The SMILES string of the molecule is CCS(=O)(=O)N1c2ccc(C(=O)Nc3ccccc3OC)cc2C[C@@H]1C. The van der Waals surface area contributed by atoms with E-state index in [-0.39, 0.29) is 17.7 Å². The molecule has 6 nitrogen and oxygen atoms in total. The normalized spacial score (nSPS) is 16.3. The number of benzene rings is 2. The number of fused-ring (bicyclic) bond motifs is 1. The minimum absolute atomic E-state index is 0.0484. The van der Waals surface area contributed by atoms with E-state index in [1.165, 1.54) is 4.31 Å². The molecule has 1 atom stereocenters. The molecule has 0 bridgehead atoms. The predicted molar refractivity (Wildman–Crippen MR) is 102 cm³/mol. The third-order valence-corrected chi connectivity index (χ3v) is 6.40. The van der Waals surface area contributed by atoms with Crippen molar-refractivity contribution >= 4 is 27.3 Å². The lowest BCUT2D eigenvalue weighted by Crippen LogP contribution is -2.36. The Balaban J connectivity index is 1.88. The number of hydrogen-bond donors (Lipinski definition) is 1. The summed E-state index contributed by atoms with van der Waals surface area (Å²) in [7, 11) is -1.79. The average molecular weight is 374 g/mol. The summed E-state index contributed by atoms with van der Waals surface area (Å²) in [4.78, 5) is 12.6. The smallest absolute Gasteiger partial charge is 0.255 e. The second-order valence-corrected chi connectivity index (χ2v) is 8.38. The summed E-state index contributed by atoms with van der Waals surface area (Å²) in [5, 5.41) is 2.84. The van der Waals surface area contributed by atoms with Crippen molar-refractivity contribution in [3.63, 3.8) is 0 Å². The molecule has 1 heterocycles. The Labute approximate surface area is 153 Å². The van der Waals surface area contributed by atoms with E-state index in [2.05, 4.69) is 5.32 Å². The number of nitrogens with zero attached hydrogens (tertiary/aromatic N) is 1. The van der Waals surface area contributed by atoms with Crippen LogP contribution in [-0.2, 0) is 16.4 Å². The highest BCUT2D eigenvalue weighted by atomic mass is 32.2. The zero-order chi connectivity index (χ0) is 18.9. The number of sulfonamides is 1. The topological polar surface area (TPSA) is 75.7 Å². The first-order valence-corrected chi connectivity index (χ1v) is 10.1. The minimum Gasteiger partial charge on any atom is -0.495 e. The fourth-order valence-corrected chi connectivity index (χ4v) is 4.63. The first kappa shape index (κ1) is 18.3. The van der Waals surface area contributed by atoms with Crippen LogP contribution in [0.2, 0.25) is 0 Å². The Hall–Kier alpha value is -2.54. The van der Waals surface area contributed by atoms with Crippen molar-refractivity contribution in [1.82, 2.24) is 0 Å². The quantitative estimate of drug-likeness (QED) is 0.873. The van der Waals surface area contributed by atoms with Crippen LogP contribution >= 0.6 is 0 Å². The van der Waals surface area contributed by atoms with E-state index in [0.29, 0.717) is 29.1 Å². The van der Waals surface area contributed by atoms with Crippen molar-refractivity contribution in [2.45, 2.75) is 26.3 Å². The second kappa shape index (κ2) is 6.99. The van der Waals surface area contributed by atoms with Gasteiger partial charge in [-0.15, -0.1) is 0 Å². The molecule has 0 unspecified atom stereocenters. The largest absolute Gasteiger partial charge is 0.495 e. The van der Waals surface area contributed by atoms with Gasteiger partial charge in [-0.1, -0.05) is 12.1 Å². The van der Waals surface area contributed by atoms with Crippen LogP contribution in [0.5, 0.6) is 5.75 Å². The maximum Gasteiger partial charge on any atom is 0.255 e. The Morgan fingerprint density at radius 1 is 1.27 bits per heavy atom. The van der Waals surface area contributed by atoms with E-state index in [0.717, 1.165) is 5.56 Å². The summed E-state index contributed by atoms with van der Waals surface area (Å²) >= 11 is 0. The van der Waals surface area contributed by atoms with Crippen LogP contribution in [0.3, 0.4) is 0 Å². The molecule has 138 valence electrons. The van der Waals surface area contributed by atoms with E-state index in [9.17, 15) is 13.2 Å². The van der Waals surface area contributed by atoms with Crippen LogP contribution in [0.25, 0.3) is 0 Å². The van der Waals surface area contributed by atoms with E-state index in [1.54, 1.807) is 44.4 Å². The third-order valence-electron chi connectivity index (χ3n) is 4.51. The highest BCUT2D eigenvalue weighted by Crippen LogP contribution is 2.35. The Bertz CT molecular complexity index is 940. The molecule has 1 amide bonds. The number of anilines is 2. The van der Waals surface area contributed by atoms with Crippen LogP contribution in [0.15, 0.2) is 42.5 Å². The van der Waals surface area contributed by atoms with Gasteiger partial charge in [0.15, 0.2) is 0 Å². The molecule has 0 aliphatic carbocycles. The summed E-state index contributed by atoms with van der Waals surface area (Å²) in [6.07, 6.45) is 0.588. The van der Waals surface area contributed by atoms with Gasteiger partial charge < -0.3 is 10.1 Å². The first-order valence-electron chi connectivity index (χ1n) is 8.46. The molecule has 1 aliphatic heterocycles. The van der Waals surface area contributed by atoms with E-state index in [1.807, 2.05) is 19.1 Å². The molecular weight excluding hydrogens is 352 g/mol. The monoisotopic (exact) mass is 374 g/mol. The standard InChI is InChI=1S/C19H22N2O4S/c1-4-26(23,24)21-13(2)11-15-12-14(9-10-17(15)21)19(22)20-16-7-5-6-8-18(16)25-3/h5-10,12-13H,4,11H2,1-3H3,(H,20,22)/t13-/m0/s1. The van der Waals surface area contributed by atoms with Crippen molar-refractivity contribution in [1.29, 1.82) is 0 Å². The average Bonchev–Trinajstić information content (AvgIpc) is 2.97. The number of para-hydroxylation sites is 2. The van der Waals surface area contributed by atoms with Gasteiger partial charge in [0.25, 0.3) is 5.91 Å². The van der Waals surface area contributed by atoms with Gasteiger partial charge in [-0.2, -0.15) is 0 Å². The minimum atomic E-state index is -3.33. The molecule has 1 aliphatic rings. The Kier molecular flexibility index (Phi) is 4.91. The fourth-order valence-electron chi connectivity index (χ4n) is 3.25. The van der Waals surface area contributed by atoms with Gasteiger partial charge >= 0.3 is 0 Å². The van der Waals surface area contributed by atoms with Crippen LogP contribution in [-0.4, -0.2) is 33.2 Å². The molecular formula is C19H22N2O4S. The van der Waals surface area contributed by atoms with Gasteiger partial charge in [0.05, 0.1) is 24.2 Å². The molecule has 26 heavy (non-hydrogen) atoms. The summed E-state index contributed by atoms with van der Waals surface area (Å²) in [5.41, 5.74) is 2.59. The molecule has 0 aromatic heterocycles. The zero-order valence-electron chi connectivity index (χ0n) is 15.0. The number of carbonyl (C=O) groups is 1. The maximum absolute atomic E-state index is 12.6. The molecule has 0 fully saturated rings.